The molecule has 1 aromatic rings. The van der Waals surface area contributed by atoms with Gasteiger partial charge in [-0.05, 0) is 27.6 Å². The lowest BCUT2D eigenvalue weighted by molar-refractivity contribution is -0.385. The molecular weight excluding hydrogens is 236 g/mol. The van der Waals surface area contributed by atoms with Gasteiger partial charge in [0.15, 0.2) is 0 Å². The second-order valence-corrected chi connectivity index (χ2v) is 3.23. The van der Waals surface area contributed by atoms with Crippen molar-refractivity contribution in [3.63, 3.8) is 0 Å². The van der Waals surface area contributed by atoms with Gasteiger partial charge in [0.05, 0.1) is 21.9 Å². The molecule has 1 rings (SSSR count). The van der Waals surface area contributed by atoms with E-state index in [9.17, 15) is 10.1 Å². The van der Waals surface area contributed by atoms with Crippen molar-refractivity contribution in [3.05, 3.63) is 38.3 Å². The second-order valence-electron chi connectivity index (χ2n) is 2.38. The van der Waals surface area contributed by atoms with Crippen LogP contribution in [-0.2, 0) is 6.42 Å². The molecule has 5 heteroatoms. The van der Waals surface area contributed by atoms with E-state index in [4.69, 9.17) is 5.26 Å². The zero-order valence-corrected chi connectivity index (χ0v) is 8.11. The molecule has 0 aliphatic rings. The molecule has 0 aliphatic heterocycles. The molecule has 0 radical (unpaired) electrons. The van der Waals surface area contributed by atoms with Gasteiger partial charge in [0.2, 0.25) is 0 Å². The molecule has 1 aromatic carbocycles. The Morgan fingerprint density at radius 2 is 2.31 bits per heavy atom. The van der Waals surface area contributed by atoms with E-state index in [2.05, 4.69) is 15.9 Å². The van der Waals surface area contributed by atoms with Crippen molar-refractivity contribution in [3.8, 4) is 6.07 Å². The van der Waals surface area contributed by atoms with E-state index in [1.54, 1.807) is 12.1 Å². The van der Waals surface area contributed by atoms with Crippen molar-refractivity contribution in [1.29, 1.82) is 5.26 Å². The number of benzene rings is 1. The summed E-state index contributed by atoms with van der Waals surface area (Å²) in [5, 5.41) is 18.9. The summed E-state index contributed by atoms with van der Waals surface area (Å²) in [6, 6.07) is 6.58. The van der Waals surface area contributed by atoms with Crippen LogP contribution < -0.4 is 0 Å². The lowest BCUT2D eigenvalue weighted by atomic mass is 10.1. The maximum Gasteiger partial charge on any atom is 0.283 e. The monoisotopic (exact) mass is 240 g/mol. The number of nitro benzene ring substituents is 1. The summed E-state index contributed by atoms with van der Waals surface area (Å²) in [5.41, 5.74) is 0.644. The molecule has 0 saturated heterocycles. The number of rotatable bonds is 2. The third-order valence-corrected chi connectivity index (χ3v) is 2.16. The summed E-state index contributed by atoms with van der Waals surface area (Å²) >= 11 is 3.06. The van der Waals surface area contributed by atoms with Crippen LogP contribution in [-0.4, -0.2) is 4.92 Å². The summed E-state index contributed by atoms with van der Waals surface area (Å²) in [6.45, 7) is 0. The third kappa shape index (κ3) is 2.26. The molecule has 0 aromatic heterocycles. The Labute approximate surface area is 83.1 Å². The van der Waals surface area contributed by atoms with Crippen molar-refractivity contribution in [1.82, 2.24) is 0 Å². The molecule has 0 unspecified atom stereocenters. The van der Waals surface area contributed by atoms with Crippen LogP contribution in [0.15, 0.2) is 22.7 Å². The highest BCUT2D eigenvalue weighted by Gasteiger charge is 2.11. The molecule has 0 atom stereocenters. The zero-order valence-electron chi connectivity index (χ0n) is 6.53. The Balaban J connectivity index is 3.13. The van der Waals surface area contributed by atoms with E-state index in [1.165, 1.54) is 6.07 Å². The quantitative estimate of drug-likeness (QED) is 0.589. The highest BCUT2D eigenvalue weighted by Crippen LogP contribution is 2.25. The number of hydrogen-bond acceptors (Lipinski definition) is 3. The highest BCUT2D eigenvalue weighted by atomic mass is 79.9. The molecule has 4 nitrogen and oxygen atoms in total. The Hall–Kier alpha value is -1.41. The molecule has 13 heavy (non-hydrogen) atoms. The highest BCUT2D eigenvalue weighted by molar-refractivity contribution is 9.10. The van der Waals surface area contributed by atoms with E-state index < -0.39 is 4.92 Å². The molecular formula is C8H5BrN2O2. The molecule has 0 bridgehead atoms. The molecule has 0 aliphatic carbocycles. The minimum atomic E-state index is -0.481. The van der Waals surface area contributed by atoms with Gasteiger partial charge < -0.3 is 0 Å². The minimum Gasteiger partial charge on any atom is -0.258 e. The largest absolute Gasteiger partial charge is 0.283 e. The van der Waals surface area contributed by atoms with Crippen molar-refractivity contribution >= 4 is 21.6 Å². The fourth-order valence-corrected chi connectivity index (χ4v) is 1.29. The fraction of sp³-hybridized carbons (Fsp3) is 0.125. The number of nitro groups is 1. The van der Waals surface area contributed by atoms with Gasteiger partial charge in [-0.25, -0.2) is 0 Å². The first-order valence-electron chi connectivity index (χ1n) is 3.45. The van der Waals surface area contributed by atoms with E-state index in [0.717, 1.165) is 0 Å². The summed E-state index contributed by atoms with van der Waals surface area (Å²) in [6.07, 6.45) is 0.189. The SMILES string of the molecule is N#CCc1ccc(Br)c([N+](=O)[O-])c1. The van der Waals surface area contributed by atoms with Gasteiger partial charge in [-0.15, -0.1) is 0 Å². The lowest BCUT2D eigenvalue weighted by Gasteiger charge is -1.97. The minimum absolute atomic E-state index is 0.00671. The summed E-state index contributed by atoms with van der Waals surface area (Å²) in [7, 11) is 0. The van der Waals surface area contributed by atoms with Crippen LogP contribution in [0.3, 0.4) is 0 Å². The second kappa shape index (κ2) is 4.01. The topological polar surface area (TPSA) is 66.9 Å². The number of nitriles is 1. The number of halogens is 1. The average molecular weight is 241 g/mol. The maximum absolute atomic E-state index is 10.5. The van der Waals surface area contributed by atoms with Gasteiger partial charge >= 0.3 is 0 Å². The normalized spacial score (nSPS) is 9.23. The smallest absolute Gasteiger partial charge is 0.258 e. The van der Waals surface area contributed by atoms with Crippen molar-refractivity contribution in [2.45, 2.75) is 6.42 Å². The van der Waals surface area contributed by atoms with Gasteiger partial charge in [-0.3, -0.25) is 10.1 Å². The van der Waals surface area contributed by atoms with Crippen molar-refractivity contribution in [2.24, 2.45) is 0 Å². The van der Waals surface area contributed by atoms with E-state index in [0.29, 0.717) is 10.0 Å². The van der Waals surface area contributed by atoms with Crippen LogP contribution in [0.25, 0.3) is 0 Å². The van der Waals surface area contributed by atoms with E-state index in [1.807, 2.05) is 6.07 Å². The third-order valence-electron chi connectivity index (χ3n) is 1.49. The number of nitrogens with zero attached hydrogens (tertiary/aromatic N) is 2. The first-order valence-corrected chi connectivity index (χ1v) is 4.24. The predicted octanol–water partition coefficient (Wildman–Crippen LogP) is 2.42. The fourth-order valence-electron chi connectivity index (χ4n) is 0.899. The standard InChI is InChI=1S/C8H5BrN2O2/c9-7-2-1-6(3-4-10)5-8(7)11(12)13/h1-2,5H,3H2. The predicted molar refractivity (Wildman–Crippen MR) is 50.1 cm³/mol. The van der Waals surface area contributed by atoms with Gasteiger partial charge in [0.25, 0.3) is 5.69 Å². The van der Waals surface area contributed by atoms with Crippen LogP contribution in [0.5, 0.6) is 0 Å². The first-order chi connectivity index (χ1) is 6.15. The summed E-state index contributed by atoms with van der Waals surface area (Å²) in [5.74, 6) is 0. The molecule has 0 saturated carbocycles. The van der Waals surface area contributed by atoms with E-state index in [-0.39, 0.29) is 12.1 Å². The van der Waals surface area contributed by atoms with Gasteiger partial charge in [-0.1, -0.05) is 6.07 Å². The Bertz CT molecular complexity index is 384. The van der Waals surface area contributed by atoms with Crippen molar-refractivity contribution < 1.29 is 4.92 Å². The molecule has 0 fully saturated rings. The first kappa shape index (κ1) is 9.68. The molecule has 0 heterocycles. The van der Waals surface area contributed by atoms with Crippen LogP contribution in [0.2, 0.25) is 0 Å². The van der Waals surface area contributed by atoms with Crippen molar-refractivity contribution in [2.75, 3.05) is 0 Å². The molecule has 0 amide bonds. The molecule has 66 valence electrons. The van der Waals surface area contributed by atoms with Gasteiger partial charge in [0.1, 0.15) is 0 Å². The summed E-state index contributed by atoms with van der Waals surface area (Å²) < 4.78 is 0.430. The van der Waals surface area contributed by atoms with Crippen LogP contribution >= 0.6 is 15.9 Å². The maximum atomic E-state index is 10.5. The Morgan fingerprint density at radius 1 is 1.62 bits per heavy atom. The summed E-state index contributed by atoms with van der Waals surface area (Å²) in [4.78, 5) is 9.99. The van der Waals surface area contributed by atoms with Crippen LogP contribution in [0.1, 0.15) is 5.56 Å². The Kier molecular flexibility index (Phi) is 2.98. The number of hydrogen-bond donors (Lipinski definition) is 0. The van der Waals surface area contributed by atoms with E-state index >= 15 is 0 Å². The Morgan fingerprint density at radius 3 is 2.85 bits per heavy atom. The van der Waals surface area contributed by atoms with Gasteiger partial charge in [-0.2, -0.15) is 5.26 Å². The van der Waals surface area contributed by atoms with Gasteiger partial charge in [0, 0.05) is 6.07 Å². The molecule has 0 spiro atoms. The average Bonchev–Trinajstić information content (AvgIpc) is 2.08. The lowest BCUT2D eigenvalue weighted by Crippen LogP contribution is -1.91. The van der Waals surface area contributed by atoms with Crippen LogP contribution in [0.4, 0.5) is 5.69 Å². The zero-order chi connectivity index (χ0) is 9.84. The molecule has 0 N–H and O–H groups in total. The van der Waals surface area contributed by atoms with Crippen LogP contribution in [0, 0.1) is 21.4 Å².